The van der Waals surface area contributed by atoms with E-state index in [1.54, 1.807) is 0 Å². The maximum Gasteiger partial charge on any atom is 0.220 e. The molecule has 1 N–H and O–H groups in total. The van der Waals surface area contributed by atoms with Crippen LogP contribution in [-0.4, -0.2) is 18.2 Å². The largest absolute Gasteiger partial charge is 0.356 e. The number of hydrogen-bond donors (Lipinski definition) is 2. The first-order valence-corrected chi connectivity index (χ1v) is 5.17. The second-order valence-corrected chi connectivity index (χ2v) is 3.81. The maximum absolute atomic E-state index is 10.9. The molecule has 0 aliphatic heterocycles. The fraction of sp³-hybridized carbons (Fsp3) is 0.889. The highest BCUT2D eigenvalue weighted by Crippen LogP contribution is 2.01. The Labute approximate surface area is 80.5 Å². The number of amides is 1. The van der Waals surface area contributed by atoms with E-state index in [0.29, 0.717) is 12.2 Å². The molecule has 0 radical (unpaired) electrons. The predicted molar refractivity (Wildman–Crippen MR) is 55.6 cm³/mol. The van der Waals surface area contributed by atoms with Gasteiger partial charge in [0.15, 0.2) is 0 Å². The van der Waals surface area contributed by atoms with Gasteiger partial charge in [0.05, 0.1) is 0 Å². The molecule has 0 atom stereocenters. The average Bonchev–Trinajstić information content (AvgIpc) is 1.98. The third kappa shape index (κ3) is 7.92. The third-order valence-electron chi connectivity index (χ3n) is 1.62. The van der Waals surface area contributed by atoms with E-state index in [2.05, 4.69) is 31.8 Å². The van der Waals surface area contributed by atoms with Crippen molar-refractivity contribution in [2.45, 2.75) is 33.1 Å². The summed E-state index contributed by atoms with van der Waals surface area (Å²) < 4.78 is 0. The van der Waals surface area contributed by atoms with Gasteiger partial charge in [-0.3, -0.25) is 4.79 Å². The zero-order chi connectivity index (χ0) is 9.40. The number of carbonyl (C=O) groups is 1. The molecule has 0 fully saturated rings. The Morgan fingerprint density at radius 3 is 2.67 bits per heavy atom. The number of hydrogen-bond acceptors (Lipinski definition) is 2. The molecule has 1 amide bonds. The van der Waals surface area contributed by atoms with Crippen LogP contribution in [0.25, 0.3) is 0 Å². The van der Waals surface area contributed by atoms with Crippen molar-refractivity contribution in [2.75, 3.05) is 12.3 Å². The van der Waals surface area contributed by atoms with Crippen molar-refractivity contribution in [1.82, 2.24) is 5.32 Å². The van der Waals surface area contributed by atoms with Gasteiger partial charge in [-0.1, -0.05) is 13.8 Å². The molecule has 0 aliphatic rings. The lowest BCUT2D eigenvalue weighted by Gasteiger charge is -2.05. The van der Waals surface area contributed by atoms with Crippen molar-refractivity contribution in [3.63, 3.8) is 0 Å². The number of rotatable bonds is 6. The van der Waals surface area contributed by atoms with Crippen molar-refractivity contribution < 1.29 is 4.79 Å². The summed E-state index contributed by atoms with van der Waals surface area (Å²) in [5.74, 6) is 1.48. The van der Waals surface area contributed by atoms with Crippen LogP contribution in [0.3, 0.4) is 0 Å². The van der Waals surface area contributed by atoms with Crippen LogP contribution < -0.4 is 5.32 Å². The highest BCUT2D eigenvalue weighted by atomic mass is 32.1. The van der Waals surface area contributed by atoms with Crippen molar-refractivity contribution in [3.8, 4) is 0 Å². The molecule has 0 saturated heterocycles. The van der Waals surface area contributed by atoms with Crippen LogP contribution in [-0.2, 0) is 4.79 Å². The molecule has 72 valence electrons. The molecular formula is C9H19NOS. The summed E-state index contributed by atoms with van der Waals surface area (Å²) in [6, 6.07) is 0. The Balaban J connectivity index is 3.14. The Kier molecular flexibility index (Phi) is 7.36. The van der Waals surface area contributed by atoms with E-state index in [1.165, 1.54) is 6.42 Å². The van der Waals surface area contributed by atoms with Gasteiger partial charge in [-0.05, 0) is 24.5 Å². The SMILES string of the molecule is CC(C)CCCNC(=O)CCS. The molecule has 0 aromatic heterocycles. The van der Waals surface area contributed by atoms with Crippen LogP contribution in [0.2, 0.25) is 0 Å². The van der Waals surface area contributed by atoms with Gasteiger partial charge in [0, 0.05) is 13.0 Å². The molecule has 0 aromatic rings. The van der Waals surface area contributed by atoms with E-state index >= 15 is 0 Å². The molecule has 0 saturated carbocycles. The quantitative estimate of drug-likeness (QED) is 0.484. The van der Waals surface area contributed by atoms with E-state index in [4.69, 9.17) is 0 Å². The normalized spacial score (nSPS) is 10.3. The van der Waals surface area contributed by atoms with Gasteiger partial charge in [0.1, 0.15) is 0 Å². The first kappa shape index (κ1) is 11.8. The van der Waals surface area contributed by atoms with E-state index in [0.717, 1.165) is 18.9 Å². The van der Waals surface area contributed by atoms with Gasteiger partial charge in [0.2, 0.25) is 5.91 Å². The monoisotopic (exact) mass is 189 g/mol. The minimum Gasteiger partial charge on any atom is -0.356 e. The summed E-state index contributed by atoms with van der Waals surface area (Å²) >= 11 is 3.98. The molecule has 12 heavy (non-hydrogen) atoms. The summed E-state index contributed by atoms with van der Waals surface area (Å²) in [5, 5.41) is 2.85. The van der Waals surface area contributed by atoms with Gasteiger partial charge < -0.3 is 5.32 Å². The standard InChI is InChI=1S/C9H19NOS/c1-8(2)4-3-6-10-9(11)5-7-12/h8,12H,3-7H2,1-2H3,(H,10,11). The molecular weight excluding hydrogens is 170 g/mol. The molecule has 0 rings (SSSR count). The average molecular weight is 189 g/mol. The molecule has 2 nitrogen and oxygen atoms in total. The van der Waals surface area contributed by atoms with Gasteiger partial charge in [-0.15, -0.1) is 0 Å². The van der Waals surface area contributed by atoms with Crippen LogP contribution in [0.15, 0.2) is 0 Å². The molecule has 0 spiro atoms. The van der Waals surface area contributed by atoms with E-state index in [-0.39, 0.29) is 5.91 Å². The van der Waals surface area contributed by atoms with Crippen LogP contribution in [0, 0.1) is 5.92 Å². The predicted octanol–water partition coefficient (Wildman–Crippen LogP) is 1.86. The minimum absolute atomic E-state index is 0.119. The topological polar surface area (TPSA) is 29.1 Å². The van der Waals surface area contributed by atoms with E-state index in [1.807, 2.05) is 0 Å². The first-order chi connectivity index (χ1) is 5.66. The molecule has 3 heteroatoms. The second kappa shape index (κ2) is 7.47. The summed E-state index contributed by atoms with van der Waals surface area (Å²) in [6.45, 7) is 5.19. The molecule has 0 aliphatic carbocycles. The highest BCUT2D eigenvalue weighted by Gasteiger charge is 1.98. The molecule has 0 heterocycles. The van der Waals surface area contributed by atoms with Crippen LogP contribution >= 0.6 is 12.6 Å². The smallest absolute Gasteiger partial charge is 0.220 e. The van der Waals surface area contributed by atoms with Gasteiger partial charge >= 0.3 is 0 Å². The Hall–Kier alpha value is -0.180. The van der Waals surface area contributed by atoms with Gasteiger partial charge in [0.25, 0.3) is 0 Å². The van der Waals surface area contributed by atoms with E-state index < -0.39 is 0 Å². The summed E-state index contributed by atoms with van der Waals surface area (Å²) in [7, 11) is 0. The zero-order valence-corrected chi connectivity index (χ0v) is 8.86. The van der Waals surface area contributed by atoms with Crippen LogP contribution in [0.5, 0.6) is 0 Å². The minimum atomic E-state index is 0.119. The Morgan fingerprint density at radius 2 is 2.17 bits per heavy atom. The van der Waals surface area contributed by atoms with Crippen LogP contribution in [0.1, 0.15) is 33.1 Å². The van der Waals surface area contributed by atoms with Crippen LogP contribution in [0.4, 0.5) is 0 Å². The number of nitrogens with one attached hydrogen (secondary N) is 1. The molecule has 0 bridgehead atoms. The highest BCUT2D eigenvalue weighted by molar-refractivity contribution is 7.80. The van der Waals surface area contributed by atoms with Crippen molar-refractivity contribution in [2.24, 2.45) is 5.92 Å². The Morgan fingerprint density at radius 1 is 1.50 bits per heavy atom. The summed E-state index contributed by atoms with van der Waals surface area (Å²) in [6.07, 6.45) is 2.79. The molecule has 0 aromatic carbocycles. The lowest BCUT2D eigenvalue weighted by atomic mass is 10.1. The maximum atomic E-state index is 10.9. The van der Waals surface area contributed by atoms with E-state index in [9.17, 15) is 4.79 Å². The lowest BCUT2D eigenvalue weighted by molar-refractivity contribution is -0.120. The zero-order valence-electron chi connectivity index (χ0n) is 7.97. The third-order valence-corrected chi connectivity index (χ3v) is 1.84. The lowest BCUT2D eigenvalue weighted by Crippen LogP contribution is -2.24. The first-order valence-electron chi connectivity index (χ1n) is 4.54. The number of carbonyl (C=O) groups excluding carboxylic acids is 1. The Bertz CT molecular complexity index is 126. The van der Waals surface area contributed by atoms with Crippen molar-refractivity contribution >= 4 is 18.5 Å². The molecule has 0 unspecified atom stereocenters. The number of thiol groups is 1. The summed E-state index contributed by atoms with van der Waals surface area (Å²) in [5.41, 5.74) is 0. The summed E-state index contributed by atoms with van der Waals surface area (Å²) in [4.78, 5) is 10.9. The fourth-order valence-corrected chi connectivity index (χ4v) is 1.13. The van der Waals surface area contributed by atoms with Crippen molar-refractivity contribution in [1.29, 1.82) is 0 Å². The second-order valence-electron chi connectivity index (χ2n) is 3.36. The fourth-order valence-electron chi connectivity index (χ4n) is 0.928. The van der Waals surface area contributed by atoms with Gasteiger partial charge in [-0.25, -0.2) is 0 Å². The van der Waals surface area contributed by atoms with Crippen molar-refractivity contribution in [3.05, 3.63) is 0 Å². The van der Waals surface area contributed by atoms with Gasteiger partial charge in [-0.2, -0.15) is 12.6 Å².